The topological polar surface area (TPSA) is 83.6 Å². The molecule has 0 spiro atoms. The average molecular weight is 451 g/mol. The van der Waals surface area contributed by atoms with E-state index in [0.29, 0.717) is 22.1 Å². The van der Waals surface area contributed by atoms with E-state index in [1.807, 2.05) is 13.0 Å². The van der Waals surface area contributed by atoms with Crippen LogP contribution in [0.2, 0.25) is 0 Å². The van der Waals surface area contributed by atoms with Crippen LogP contribution in [0.3, 0.4) is 0 Å². The Hall–Kier alpha value is -2.19. The first-order valence-corrected chi connectivity index (χ1v) is 10.6. The number of carbonyl (C=O) groups is 2. The van der Waals surface area contributed by atoms with Gasteiger partial charge in [0.15, 0.2) is 5.78 Å². The summed E-state index contributed by atoms with van der Waals surface area (Å²) in [7, 11) is -3.98. The van der Waals surface area contributed by atoms with E-state index in [4.69, 9.17) is 0 Å². The third kappa shape index (κ3) is 3.77. The number of fused-ring (bicyclic) bond motifs is 1. The van der Waals surface area contributed by atoms with Gasteiger partial charge in [0.05, 0.1) is 5.69 Å². The normalized spacial score (nSPS) is 16.1. The van der Waals surface area contributed by atoms with E-state index < -0.39 is 10.0 Å². The molecule has 2 aromatic carbocycles. The predicted molar refractivity (Wildman–Crippen MR) is 108 cm³/mol. The number of benzene rings is 2. The molecule has 0 bridgehead atoms. The second-order valence-electron chi connectivity index (χ2n) is 6.60. The third-order valence-electron chi connectivity index (χ3n) is 4.47. The van der Waals surface area contributed by atoms with Gasteiger partial charge in [-0.1, -0.05) is 28.1 Å². The van der Waals surface area contributed by atoms with E-state index in [1.54, 1.807) is 18.2 Å². The number of hydrogen-bond acceptors (Lipinski definition) is 4. The predicted octanol–water partition coefficient (Wildman–Crippen LogP) is 3.75. The van der Waals surface area contributed by atoms with Crippen molar-refractivity contribution in [3.63, 3.8) is 0 Å². The fourth-order valence-corrected chi connectivity index (χ4v) is 5.34. The summed E-state index contributed by atoms with van der Waals surface area (Å²) in [5.41, 5.74) is 1.91. The quantitative estimate of drug-likeness (QED) is 0.718. The number of sulfonamides is 1. The Morgan fingerprint density at radius 2 is 1.89 bits per heavy atom. The molecule has 1 atom stereocenters. The molecule has 142 valence electrons. The highest BCUT2D eigenvalue weighted by Gasteiger charge is 2.35. The second kappa shape index (κ2) is 7.09. The number of hydrogen-bond donors (Lipinski definition) is 1. The van der Waals surface area contributed by atoms with Crippen molar-refractivity contribution in [1.82, 2.24) is 0 Å². The maximum absolute atomic E-state index is 13.1. The first-order chi connectivity index (χ1) is 12.6. The first kappa shape index (κ1) is 19.6. The van der Waals surface area contributed by atoms with Crippen LogP contribution < -0.4 is 9.62 Å². The minimum atomic E-state index is -3.98. The van der Waals surface area contributed by atoms with Crippen LogP contribution in [0.5, 0.6) is 0 Å². The molecule has 27 heavy (non-hydrogen) atoms. The van der Waals surface area contributed by atoms with Gasteiger partial charge >= 0.3 is 0 Å². The monoisotopic (exact) mass is 450 g/mol. The van der Waals surface area contributed by atoms with E-state index in [0.717, 1.165) is 5.56 Å². The third-order valence-corrected chi connectivity index (χ3v) is 6.32. The van der Waals surface area contributed by atoms with Crippen molar-refractivity contribution in [3.05, 3.63) is 52.0 Å². The minimum absolute atomic E-state index is 0.0275. The summed E-state index contributed by atoms with van der Waals surface area (Å²) in [4.78, 5) is 25.2. The van der Waals surface area contributed by atoms with Gasteiger partial charge in [0.2, 0.25) is 5.91 Å². The number of nitrogens with zero attached hydrogens (tertiary/aromatic N) is 1. The second-order valence-corrected chi connectivity index (χ2v) is 9.16. The van der Waals surface area contributed by atoms with Gasteiger partial charge in [-0.25, -0.2) is 8.42 Å². The lowest BCUT2D eigenvalue weighted by Crippen LogP contribution is -2.34. The zero-order chi connectivity index (χ0) is 19.9. The molecule has 3 rings (SSSR count). The van der Waals surface area contributed by atoms with E-state index in [1.165, 1.54) is 30.9 Å². The zero-order valence-corrected chi connectivity index (χ0v) is 17.5. The SMILES string of the molecule is CC(=O)c1cccc(NS(=O)(=O)c2cc(Br)cc3c2N(C(C)=O)[C@H](C)C3)c1. The summed E-state index contributed by atoms with van der Waals surface area (Å²) >= 11 is 3.36. The largest absolute Gasteiger partial charge is 0.308 e. The zero-order valence-electron chi connectivity index (χ0n) is 15.1. The van der Waals surface area contributed by atoms with Gasteiger partial charge < -0.3 is 4.90 Å². The maximum Gasteiger partial charge on any atom is 0.264 e. The van der Waals surface area contributed by atoms with Crippen LogP contribution in [0, 0.1) is 0 Å². The summed E-state index contributed by atoms with van der Waals surface area (Å²) in [5, 5.41) is 0. The number of halogens is 1. The molecular formula is C19H19BrN2O4S. The van der Waals surface area contributed by atoms with E-state index >= 15 is 0 Å². The lowest BCUT2D eigenvalue weighted by molar-refractivity contribution is -0.116. The fourth-order valence-electron chi connectivity index (χ4n) is 3.37. The molecular weight excluding hydrogens is 432 g/mol. The van der Waals surface area contributed by atoms with Crippen LogP contribution >= 0.6 is 15.9 Å². The Morgan fingerprint density at radius 1 is 1.19 bits per heavy atom. The summed E-state index contributed by atoms with van der Waals surface area (Å²) in [6, 6.07) is 9.51. The van der Waals surface area contributed by atoms with E-state index in [2.05, 4.69) is 20.7 Å². The highest BCUT2D eigenvalue weighted by Crippen LogP contribution is 2.40. The van der Waals surface area contributed by atoms with Gasteiger partial charge in [-0.05, 0) is 50.1 Å². The molecule has 1 heterocycles. The van der Waals surface area contributed by atoms with Crippen molar-refractivity contribution in [2.24, 2.45) is 0 Å². The number of carbonyl (C=O) groups excluding carboxylic acids is 2. The molecule has 0 aromatic heterocycles. The summed E-state index contributed by atoms with van der Waals surface area (Å²) < 4.78 is 29.4. The smallest absolute Gasteiger partial charge is 0.264 e. The number of amides is 1. The molecule has 0 saturated carbocycles. The molecule has 1 amide bonds. The van der Waals surface area contributed by atoms with Gasteiger partial charge in [-0.15, -0.1) is 0 Å². The fraction of sp³-hybridized carbons (Fsp3) is 0.263. The van der Waals surface area contributed by atoms with Crippen molar-refractivity contribution >= 4 is 49.0 Å². The maximum atomic E-state index is 13.1. The van der Waals surface area contributed by atoms with Crippen molar-refractivity contribution in [1.29, 1.82) is 0 Å². The summed E-state index contributed by atoms with van der Waals surface area (Å²) in [5.74, 6) is -0.366. The van der Waals surface area contributed by atoms with Crippen LogP contribution in [0.25, 0.3) is 0 Å². The molecule has 1 aliphatic rings. The van der Waals surface area contributed by atoms with Crippen molar-refractivity contribution in [2.45, 2.75) is 38.1 Å². The van der Waals surface area contributed by atoms with E-state index in [-0.39, 0.29) is 28.3 Å². The van der Waals surface area contributed by atoms with Crippen LogP contribution in [0.1, 0.15) is 36.7 Å². The highest BCUT2D eigenvalue weighted by atomic mass is 79.9. The first-order valence-electron chi connectivity index (χ1n) is 8.36. The van der Waals surface area contributed by atoms with Crippen LogP contribution in [0.15, 0.2) is 45.8 Å². The molecule has 0 radical (unpaired) electrons. The number of anilines is 2. The molecule has 1 aliphatic heterocycles. The Bertz CT molecular complexity index is 1050. The number of Topliss-reactive ketones (excluding diaryl/α,β-unsaturated/α-hetero) is 1. The lowest BCUT2D eigenvalue weighted by Gasteiger charge is -2.23. The Balaban J connectivity index is 2.10. The standard InChI is InChI=1S/C19H19BrN2O4S/c1-11-7-15-8-16(20)10-18(19(15)22(11)13(3)24)27(25,26)21-17-6-4-5-14(9-17)12(2)23/h4-6,8-11,21H,7H2,1-3H3/t11-/m1/s1. The average Bonchev–Trinajstić information content (AvgIpc) is 2.89. The molecule has 0 saturated heterocycles. The molecule has 6 nitrogen and oxygen atoms in total. The van der Waals surface area contributed by atoms with Crippen LogP contribution in [-0.4, -0.2) is 26.2 Å². The van der Waals surface area contributed by atoms with Crippen LogP contribution in [0.4, 0.5) is 11.4 Å². The van der Waals surface area contributed by atoms with Crippen LogP contribution in [-0.2, 0) is 21.2 Å². The number of nitrogens with one attached hydrogen (secondary N) is 1. The van der Waals surface area contributed by atoms with E-state index in [9.17, 15) is 18.0 Å². The van der Waals surface area contributed by atoms with Crippen molar-refractivity contribution < 1.29 is 18.0 Å². The number of rotatable bonds is 4. The molecule has 2 aromatic rings. The van der Waals surface area contributed by atoms with Crippen molar-refractivity contribution in [2.75, 3.05) is 9.62 Å². The minimum Gasteiger partial charge on any atom is -0.308 e. The Kier molecular flexibility index (Phi) is 5.14. The molecule has 0 aliphatic carbocycles. The molecule has 8 heteroatoms. The summed E-state index contributed by atoms with van der Waals surface area (Å²) in [6.07, 6.45) is 0.580. The highest BCUT2D eigenvalue weighted by molar-refractivity contribution is 9.10. The molecule has 1 N–H and O–H groups in total. The Labute approximate surface area is 166 Å². The lowest BCUT2D eigenvalue weighted by atomic mass is 10.1. The van der Waals surface area contributed by atoms with Gasteiger partial charge in [-0.3, -0.25) is 14.3 Å². The summed E-state index contributed by atoms with van der Waals surface area (Å²) in [6.45, 7) is 4.73. The molecule has 0 fully saturated rings. The van der Waals surface area contributed by atoms with Gasteiger partial charge in [0.25, 0.3) is 10.0 Å². The number of ketones is 1. The molecule has 0 unspecified atom stereocenters. The Morgan fingerprint density at radius 3 is 2.52 bits per heavy atom. The van der Waals surface area contributed by atoms with Gasteiger partial charge in [0, 0.05) is 28.7 Å². The van der Waals surface area contributed by atoms with Gasteiger partial charge in [0.1, 0.15) is 4.90 Å². The van der Waals surface area contributed by atoms with Crippen molar-refractivity contribution in [3.8, 4) is 0 Å². The van der Waals surface area contributed by atoms with Gasteiger partial charge in [-0.2, -0.15) is 0 Å².